The van der Waals surface area contributed by atoms with Gasteiger partial charge in [-0.3, -0.25) is 4.79 Å². The lowest BCUT2D eigenvalue weighted by Gasteiger charge is -2.36. The van der Waals surface area contributed by atoms with Crippen LogP contribution in [0.1, 0.15) is 18.4 Å². The summed E-state index contributed by atoms with van der Waals surface area (Å²) in [6.07, 6.45) is 1.27. The highest BCUT2D eigenvalue weighted by Crippen LogP contribution is 2.36. The lowest BCUT2D eigenvalue weighted by atomic mass is 9.73. The van der Waals surface area contributed by atoms with E-state index >= 15 is 0 Å². The maximum Gasteiger partial charge on any atom is 0.236 e. The molecule has 146 valence electrons. The minimum atomic E-state index is -0.628. The van der Waals surface area contributed by atoms with Crippen LogP contribution in [0.4, 0.5) is 5.82 Å². The Morgan fingerprint density at radius 2 is 2.00 bits per heavy atom. The van der Waals surface area contributed by atoms with Crippen molar-refractivity contribution in [3.63, 3.8) is 0 Å². The molecule has 7 heteroatoms. The van der Waals surface area contributed by atoms with Gasteiger partial charge in [0.2, 0.25) is 5.91 Å². The molecule has 3 heterocycles. The predicted molar refractivity (Wildman–Crippen MR) is 109 cm³/mol. The number of aromatic nitrogens is 2. The largest absolute Gasteiger partial charge is 0.394 e. The van der Waals surface area contributed by atoms with Gasteiger partial charge in [-0.2, -0.15) is 5.10 Å². The van der Waals surface area contributed by atoms with Crippen LogP contribution >= 0.6 is 11.3 Å². The molecule has 1 fully saturated rings. The SMILES string of the molecule is O=C(Nc1cc(-c2cccs2)nn1CCO)C1(c2ccccc2)CCOCC1. The lowest BCUT2D eigenvalue weighted by Crippen LogP contribution is -2.45. The summed E-state index contributed by atoms with van der Waals surface area (Å²) in [5, 5.41) is 19.0. The molecular formula is C21H23N3O3S. The first-order valence-corrected chi connectivity index (χ1v) is 10.3. The molecule has 28 heavy (non-hydrogen) atoms. The molecule has 1 aromatic carbocycles. The molecule has 2 N–H and O–H groups in total. The number of carbonyl (C=O) groups excluding carboxylic acids is 1. The van der Waals surface area contributed by atoms with E-state index in [0.29, 0.717) is 38.4 Å². The Kier molecular flexibility index (Phi) is 5.57. The van der Waals surface area contributed by atoms with Crippen LogP contribution in [0.15, 0.2) is 53.9 Å². The van der Waals surface area contributed by atoms with Gasteiger partial charge < -0.3 is 15.2 Å². The first-order valence-electron chi connectivity index (χ1n) is 9.40. The monoisotopic (exact) mass is 397 g/mol. The van der Waals surface area contributed by atoms with E-state index in [9.17, 15) is 9.90 Å². The highest BCUT2D eigenvalue weighted by Gasteiger charge is 2.42. The number of ether oxygens (including phenoxy) is 1. The summed E-state index contributed by atoms with van der Waals surface area (Å²) in [6.45, 7) is 1.38. The zero-order valence-electron chi connectivity index (χ0n) is 15.5. The van der Waals surface area contributed by atoms with Gasteiger partial charge in [-0.15, -0.1) is 11.3 Å². The van der Waals surface area contributed by atoms with Gasteiger partial charge in [0.05, 0.1) is 23.4 Å². The standard InChI is InChI=1S/C21H23N3O3S/c25-11-10-24-19(15-17(23-24)18-7-4-14-28-18)22-20(26)21(8-12-27-13-9-21)16-5-2-1-3-6-16/h1-7,14-15,25H,8-13H2,(H,22,26). The third-order valence-electron chi connectivity index (χ3n) is 5.21. The van der Waals surface area contributed by atoms with E-state index in [4.69, 9.17) is 4.74 Å². The van der Waals surface area contributed by atoms with E-state index < -0.39 is 5.41 Å². The normalized spacial score (nSPS) is 16.0. The second-order valence-corrected chi connectivity index (χ2v) is 7.80. The number of nitrogens with one attached hydrogen (secondary N) is 1. The van der Waals surface area contributed by atoms with Gasteiger partial charge in [0, 0.05) is 19.3 Å². The van der Waals surface area contributed by atoms with Gasteiger partial charge in [-0.25, -0.2) is 4.68 Å². The van der Waals surface area contributed by atoms with Crippen LogP contribution in [0.3, 0.4) is 0 Å². The Bertz CT molecular complexity index is 916. The number of benzene rings is 1. The van der Waals surface area contributed by atoms with Crippen molar-refractivity contribution in [1.82, 2.24) is 9.78 Å². The van der Waals surface area contributed by atoms with Gasteiger partial charge in [-0.1, -0.05) is 36.4 Å². The second kappa shape index (κ2) is 8.26. The van der Waals surface area contributed by atoms with Crippen molar-refractivity contribution in [2.75, 3.05) is 25.1 Å². The average molecular weight is 398 g/mol. The molecule has 6 nitrogen and oxygen atoms in total. The van der Waals surface area contributed by atoms with Crippen LogP contribution in [-0.4, -0.2) is 40.6 Å². The molecule has 0 saturated carbocycles. The minimum absolute atomic E-state index is 0.0495. The molecule has 1 aliphatic heterocycles. The molecule has 1 saturated heterocycles. The van der Waals surface area contributed by atoms with Crippen LogP contribution in [0.25, 0.3) is 10.6 Å². The Balaban J connectivity index is 1.66. The fourth-order valence-corrected chi connectivity index (χ4v) is 4.37. The molecule has 0 bridgehead atoms. The van der Waals surface area contributed by atoms with Crippen LogP contribution in [0.2, 0.25) is 0 Å². The maximum absolute atomic E-state index is 13.5. The second-order valence-electron chi connectivity index (χ2n) is 6.85. The Morgan fingerprint density at radius 3 is 2.68 bits per heavy atom. The van der Waals surface area contributed by atoms with E-state index in [1.54, 1.807) is 16.0 Å². The number of rotatable bonds is 6. The number of thiophene rings is 1. The van der Waals surface area contributed by atoms with E-state index in [2.05, 4.69) is 10.4 Å². The fraction of sp³-hybridized carbons (Fsp3) is 0.333. The number of hydrogen-bond acceptors (Lipinski definition) is 5. The molecule has 1 aliphatic rings. The van der Waals surface area contributed by atoms with E-state index in [0.717, 1.165) is 16.1 Å². The highest BCUT2D eigenvalue weighted by molar-refractivity contribution is 7.13. The Hall–Kier alpha value is -2.48. The van der Waals surface area contributed by atoms with Crippen molar-refractivity contribution in [2.45, 2.75) is 24.8 Å². The molecule has 1 amide bonds. The topological polar surface area (TPSA) is 76.4 Å². The van der Waals surface area contributed by atoms with E-state index in [1.807, 2.05) is 53.9 Å². The van der Waals surface area contributed by atoms with Crippen molar-refractivity contribution in [3.05, 3.63) is 59.5 Å². The molecule has 0 atom stereocenters. The van der Waals surface area contributed by atoms with Crippen LogP contribution < -0.4 is 5.32 Å². The van der Waals surface area contributed by atoms with Crippen molar-refractivity contribution in [2.24, 2.45) is 0 Å². The van der Waals surface area contributed by atoms with Crippen molar-refractivity contribution in [3.8, 4) is 10.6 Å². The van der Waals surface area contributed by atoms with E-state index in [1.165, 1.54) is 0 Å². The summed E-state index contributed by atoms with van der Waals surface area (Å²) >= 11 is 1.59. The molecule has 0 radical (unpaired) electrons. The zero-order chi connectivity index (χ0) is 19.4. The van der Waals surface area contributed by atoms with Crippen molar-refractivity contribution in [1.29, 1.82) is 0 Å². The molecule has 0 spiro atoms. The van der Waals surface area contributed by atoms with E-state index in [-0.39, 0.29) is 12.5 Å². The summed E-state index contributed by atoms with van der Waals surface area (Å²) in [5.74, 6) is 0.545. The van der Waals surface area contributed by atoms with Gasteiger partial charge in [0.15, 0.2) is 0 Å². The summed E-state index contributed by atoms with van der Waals surface area (Å²) in [5.41, 5.74) is 1.17. The summed E-state index contributed by atoms with van der Waals surface area (Å²) in [6, 6.07) is 15.7. The van der Waals surface area contributed by atoms with Crippen molar-refractivity contribution >= 4 is 23.1 Å². The average Bonchev–Trinajstić information content (AvgIpc) is 3.40. The van der Waals surface area contributed by atoms with Crippen molar-refractivity contribution < 1.29 is 14.6 Å². The summed E-state index contributed by atoms with van der Waals surface area (Å²) in [4.78, 5) is 14.5. The number of nitrogens with zero attached hydrogens (tertiary/aromatic N) is 2. The van der Waals surface area contributed by atoms with Gasteiger partial charge >= 0.3 is 0 Å². The Morgan fingerprint density at radius 1 is 1.21 bits per heavy atom. The molecule has 0 aliphatic carbocycles. The van der Waals surface area contributed by atoms with Gasteiger partial charge in [0.1, 0.15) is 11.5 Å². The summed E-state index contributed by atoms with van der Waals surface area (Å²) in [7, 11) is 0. The third-order valence-corrected chi connectivity index (χ3v) is 6.11. The van der Waals surface area contributed by atoms with Crippen LogP contribution in [-0.2, 0) is 21.5 Å². The maximum atomic E-state index is 13.5. The predicted octanol–water partition coefficient (Wildman–Crippen LogP) is 3.29. The highest BCUT2D eigenvalue weighted by atomic mass is 32.1. The van der Waals surface area contributed by atoms with Gasteiger partial charge in [0.25, 0.3) is 0 Å². The number of carbonyl (C=O) groups is 1. The van der Waals surface area contributed by atoms with Crippen LogP contribution in [0.5, 0.6) is 0 Å². The zero-order valence-corrected chi connectivity index (χ0v) is 16.3. The fourth-order valence-electron chi connectivity index (χ4n) is 3.69. The van der Waals surface area contributed by atoms with Crippen LogP contribution in [0, 0.1) is 0 Å². The molecule has 4 rings (SSSR count). The quantitative estimate of drug-likeness (QED) is 0.669. The first-order chi connectivity index (χ1) is 13.7. The number of hydrogen-bond donors (Lipinski definition) is 2. The minimum Gasteiger partial charge on any atom is -0.394 e. The molecule has 2 aromatic heterocycles. The first kappa shape index (κ1) is 18.9. The Labute approximate surface area is 167 Å². The number of aliphatic hydroxyl groups excluding tert-OH is 1. The number of aliphatic hydroxyl groups is 1. The number of amides is 1. The molecule has 3 aromatic rings. The van der Waals surface area contributed by atoms with Gasteiger partial charge in [-0.05, 0) is 29.9 Å². The molecular weight excluding hydrogens is 374 g/mol. The molecule has 0 unspecified atom stereocenters. The smallest absolute Gasteiger partial charge is 0.236 e. The number of anilines is 1. The lowest BCUT2D eigenvalue weighted by molar-refractivity contribution is -0.125. The third kappa shape index (κ3) is 3.61. The summed E-state index contributed by atoms with van der Waals surface area (Å²) < 4.78 is 7.19.